The third-order valence-corrected chi connectivity index (χ3v) is 5.39. The Morgan fingerprint density at radius 1 is 0.615 bits per heavy atom. The van der Waals surface area contributed by atoms with Crippen LogP contribution in [0.5, 0.6) is 0 Å². The Balaban J connectivity index is 1.86. The van der Waals surface area contributed by atoms with Gasteiger partial charge in [-0.1, -0.05) is 103 Å². The molecule has 0 radical (unpaired) electrons. The highest BCUT2D eigenvalue weighted by atomic mass is 14.3. The zero-order chi connectivity index (χ0) is 17.3. The summed E-state index contributed by atoms with van der Waals surface area (Å²) in [5, 5.41) is 0. The monoisotopic (exact) mass is 332 g/mol. The average molecular weight is 332 g/mol. The van der Waals surface area contributed by atoms with Crippen molar-refractivity contribution in [3.8, 4) is 11.1 Å². The molecule has 0 aliphatic heterocycles. The highest BCUT2D eigenvalue weighted by Gasteiger charge is 2.28. The molecule has 0 heterocycles. The molecule has 3 aromatic carbocycles. The van der Waals surface area contributed by atoms with Crippen molar-refractivity contribution in [2.75, 3.05) is 0 Å². The van der Waals surface area contributed by atoms with Gasteiger partial charge in [-0.3, -0.25) is 0 Å². The first-order valence-corrected chi connectivity index (χ1v) is 9.25. The van der Waals surface area contributed by atoms with Crippen LogP contribution in [0.2, 0.25) is 0 Å². The van der Waals surface area contributed by atoms with Gasteiger partial charge in [0.25, 0.3) is 0 Å². The van der Waals surface area contributed by atoms with Crippen LogP contribution in [0.3, 0.4) is 0 Å². The molecule has 0 amide bonds. The number of hydrogen-bond donors (Lipinski definition) is 0. The summed E-state index contributed by atoms with van der Waals surface area (Å²) in [5.74, 6) is 0.400. The molecule has 1 atom stereocenters. The maximum absolute atomic E-state index is 2.35. The number of fused-ring (bicyclic) bond motifs is 3. The van der Waals surface area contributed by atoms with E-state index < -0.39 is 0 Å². The van der Waals surface area contributed by atoms with E-state index in [0.29, 0.717) is 5.92 Å². The summed E-state index contributed by atoms with van der Waals surface area (Å²) in [6.45, 7) is 0. The smallest absolute Gasteiger partial charge is 0.00680 e. The van der Waals surface area contributed by atoms with Crippen LogP contribution in [-0.2, 0) is 0 Å². The van der Waals surface area contributed by atoms with E-state index >= 15 is 0 Å². The molecule has 0 heteroatoms. The minimum absolute atomic E-state index is 0.400. The van der Waals surface area contributed by atoms with Crippen molar-refractivity contribution in [2.45, 2.75) is 6.42 Å². The van der Waals surface area contributed by atoms with Crippen LogP contribution in [0.1, 0.15) is 23.1 Å². The lowest BCUT2D eigenvalue weighted by Crippen LogP contribution is -2.05. The lowest BCUT2D eigenvalue weighted by molar-refractivity contribution is 0.844. The molecule has 0 N–H and O–H groups in total. The van der Waals surface area contributed by atoms with Crippen molar-refractivity contribution in [1.82, 2.24) is 0 Å². The number of hydrogen-bond acceptors (Lipinski definition) is 0. The predicted octanol–water partition coefficient (Wildman–Crippen LogP) is 6.76. The van der Waals surface area contributed by atoms with Gasteiger partial charge in [0.1, 0.15) is 0 Å². The van der Waals surface area contributed by atoms with Crippen LogP contribution < -0.4 is 0 Å². The fraction of sp³-hybridized carbons (Fsp3) is 0.0769. The van der Waals surface area contributed by atoms with Crippen LogP contribution >= 0.6 is 0 Å². The number of benzene rings is 3. The summed E-state index contributed by atoms with van der Waals surface area (Å²) < 4.78 is 0. The topological polar surface area (TPSA) is 0 Å². The van der Waals surface area contributed by atoms with E-state index in [1.54, 1.807) is 0 Å². The molecule has 0 bridgehead atoms. The molecule has 26 heavy (non-hydrogen) atoms. The zero-order valence-corrected chi connectivity index (χ0v) is 14.6. The van der Waals surface area contributed by atoms with Gasteiger partial charge < -0.3 is 0 Å². The Morgan fingerprint density at radius 2 is 1.19 bits per heavy atom. The maximum atomic E-state index is 2.35. The summed E-state index contributed by atoms with van der Waals surface area (Å²) in [7, 11) is 0. The standard InChI is InChI=1S/C26H20/c1-3-11-19(12-4-1)25(20-13-5-2-6-14-20)26-23-17-9-7-15-21(23)22-16-8-10-18-24(22)26/h1-13,15-18,20H,14H2. The molecule has 0 spiro atoms. The first kappa shape index (κ1) is 15.2. The van der Waals surface area contributed by atoms with Gasteiger partial charge in [-0.2, -0.15) is 0 Å². The molecule has 2 aliphatic carbocycles. The Kier molecular flexibility index (Phi) is 3.68. The molecule has 0 saturated carbocycles. The third kappa shape index (κ3) is 2.38. The van der Waals surface area contributed by atoms with Crippen molar-refractivity contribution in [2.24, 2.45) is 5.92 Å². The molecule has 0 fully saturated rings. The van der Waals surface area contributed by atoms with Gasteiger partial charge in [0.2, 0.25) is 0 Å². The third-order valence-electron chi connectivity index (χ3n) is 5.39. The van der Waals surface area contributed by atoms with Crippen LogP contribution in [0, 0.1) is 5.92 Å². The summed E-state index contributed by atoms with van der Waals surface area (Å²) in [4.78, 5) is 0. The summed E-state index contributed by atoms with van der Waals surface area (Å²) in [6, 6.07) is 28.5. The molecule has 5 rings (SSSR count). The fourth-order valence-corrected chi connectivity index (χ4v) is 4.26. The Morgan fingerprint density at radius 3 is 1.77 bits per heavy atom. The quantitative estimate of drug-likeness (QED) is 0.380. The second kappa shape index (κ2) is 6.31. The Labute approximate surface area is 154 Å². The van der Waals surface area contributed by atoms with Gasteiger partial charge in [0, 0.05) is 5.92 Å². The zero-order valence-electron chi connectivity index (χ0n) is 14.6. The normalized spacial score (nSPS) is 17.1. The molecular weight excluding hydrogens is 312 g/mol. The van der Waals surface area contributed by atoms with E-state index in [1.807, 2.05) is 0 Å². The predicted molar refractivity (Wildman–Crippen MR) is 111 cm³/mol. The average Bonchev–Trinajstić information content (AvgIpc) is 3.05. The second-order valence-electron chi connectivity index (χ2n) is 6.90. The lowest BCUT2D eigenvalue weighted by Gasteiger charge is -2.22. The van der Waals surface area contributed by atoms with Crippen LogP contribution in [0.4, 0.5) is 0 Å². The first-order chi connectivity index (χ1) is 12.9. The second-order valence-corrected chi connectivity index (χ2v) is 6.90. The minimum atomic E-state index is 0.400. The van der Waals surface area contributed by atoms with Gasteiger partial charge in [0.05, 0.1) is 0 Å². The Bertz CT molecular complexity index is 1000. The van der Waals surface area contributed by atoms with Gasteiger partial charge in [0.15, 0.2) is 0 Å². The SMILES string of the molecule is C1=CCC(C(=C2c3ccccc3-c3ccccc32)c2ccccc2)C=C1. The molecule has 124 valence electrons. The summed E-state index contributed by atoms with van der Waals surface area (Å²) >= 11 is 0. The van der Waals surface area contributed by atoms with Gasteiger partial charge in [-0.15, -0.1) is 0 Å². The molecule has 0 aromatic heterocycles. The van der Waals surface area contributed by atoms with Crippen molar-refractivity contribution < 1.29 is 0 Å². The van der Waals surface area contributed by atoms with Gasteiger partial charge >= 0.3 is 0 Å². The van der Waals surface area contributed by atoms with E-state index in [0.717, 1.165) is 6.42 Å². The van der Waals surface area contributed by atoms with Crippen molar-refractivity contribution in [3.63, 3.8) is 0 Å². The maximum Gasteiger partial charge on any atom is 0.00680 e. The molecule has 1 unspecified atom stereocenters. The first-order valence-electron chi connectivity index (χ1n) is 9.25. The highest BCUT2D eigenvalue weighted by Crippen LogP contribution is 2.49. The molecule has 2 aliphatic rings. The van der Waals surface area contributed by atoms with Gasteiger partial charge in [-0.25, -0.2) is 0 Å². The van der Waals surface area contributed by atoms with E-state index in [2.05, 4.69) is 103 Å². The minimum Gasteiger partial charge on any atom is -0.0836 e. The van der Waals surface area contributed by atoms with Crippen LogP contribution in [0.25, 0.3) is 22.3 Å². The summed E-state index contributed by atoms with van der Waals surface area (Å²) in [6.07, 6.45) is 10.0. The van der Waals surface area contributed by atoms with Crippen molar-refractivity contribution >= 4 is 11.1 Å². The number of allylic oxidation sites excluding steroid dienone is 5. The molecule has 0 nitrogen and oxygen atoms in total. The van der Waals surface area contributed by atoms with Crippen LogP contribution in [-0.4, -0.2) is 0 Å². The Hall–Kier alpha value is -3.12. The van der Waals surface area contributed by atoms with E-state index in [-0.39, 0.29) is 0 Å². The van der Waals surface area contributed by atoms with E-state index in [9.17, 15) is 0 Å². The number of rotatable bonds is 2. The molecule has 3 aromatic rings. The van der Waals surface area contributed by atoms with Crippen molar-refractivity contribution in [3.05, 3.63) is 120 Å². The molecule has 0 saturated heterocycles. The van der Waals surface area contributed by atoms with Crippen molar-refractivity contribution in [1.29, 1.82) is 0 Å². The largest absolute Gasteiger partial charge is 0.0836 e. The van der Waals surface area contributed by atoms with E-state index in [1.165, 1.54) is 39.0 Å². The highest BCUT2D eigenvalue weighted by molar-refractivity contribution is 6.10. The van der Waals surface area contributed by atoms with Gasteiger partial charge in [-0.05, 0) is 45.4 Å². The van der Waals surface area contributed by atoms with E-state index in [4.69, 9.17) is 0 Å². The van der Waals surface area contributed by atoms with Crippen LogP contribution in [0.15, 0.2) is 103 Å². The molecular formula is C26H20. The summed E-state index contributed by atoms with van der Waals surface area (Å²) in [5.41, 5.74) is 9.56. The lowest BCUT2D eigenvalue weighted by atomic mass is 9.82. The fourth-order valence-electron chi connectivity index (χ4n) is 4.26.